The molecule has 1 fully saturated rings. The largest absolute Gasteiger partial charge is 0.380 e. The lowest BCUT2D eigenvalue weighted by molar-refractivity contribution is -0.0435. The van der Waals surface area contributed by atoms with Crippen LogP contribution in [-0.2, 0) is 9.47 Å². The molecule has 3 heteroatoms. The van der Waals surface area contributed by atoms with Crippen molar-refractivity contribution in [3.05, 3.63) is 0 Å². The summed E-state index contributed by atoms with van der Waals surface area (Å²) in [6.07, 6.45) is 0.336. The molecular weight excluding hydrogens is 178 g/mol. The fourth-order valence-electron chi connectivity index (χ4n) is 1.83. The molecule has 0 saturated carbocycles. The van der Waals surface area contributed by atoms with Gasteiger partial charge < -0.3 is 14.4 Å². The summed E-state index contributed by atoms with van der Waals surface area (Å²) < 4.78 is 11.2. The van der Waals surface area contributed by atoms with Gasteiger partial charge in [-0.1, -0.05) is 0 Å². The highest BCUT2D eigenvalue weighted by molar-refractivity contribution is 4.83. The molecule has 0 N–H and O–H groups in total. The summed E-state index contributed by atoms with van der Waals surface area (Å²) in [7, 11) is 3.91. The molecule has 1 aliphatic heterocycles. The highest BCUT2D eigenvalue weighted by Gasteiger charge is 2.31. The Morgan fingerprint density at radius 2 is 1.93 bits per heavy atom. The summed E-state index contributed by atoms with van der Waals surface area (Å²) in [5, 5.41) is 0. The summed E-state index contributed by atoms with van der Waals surface area (Å²) >= 11 is 0. The number of likely N-dealkylation sites (tertiary alicyclic amines) is 1. The van der Waals surface area contributed by atoms with Gasteiger partial charge in [0.1, 0.15) is 0 Å². The van der Waals surface area contributed by atoms with E-state index < -0.39 is 0 Å². The van der Waals surface area contributed by atoms with Crippen LogP contribution in [0.5, 0.6) is 0 Å². The van der Waals surface area contributed by atoms with E-state index in [9.17, 15) is 0 Å². The van der Waals surface area contributed by atoms with E-state index in [1.807, 2.05) is 0 Å². The van der Waals surface area contributed by atoms with Crippen molar-refractivity contribution in [1.82, 2.24) is 4.90 Å². The lowest BCUT2D eigenvalue weighted by Gasteiger charge is -2.24. The maximum Gasteiger partial charge on any atom is 0.0760 e. The van der Waals surface area contributed by atoms with Crippen LogP contribution >= 0.6 is 0 Å². The molecule has 0 aliphatic carbocycles. The second-order valence-corrected chi connectivity index (χ2v) is 5.18. The number of methoxy groups -OCH3 is 1. The smallest absolute Gasteiger partial charge is 0.0760 e. The Morgan fingerprint density at radius 3 is 2.43 bits per heavy atom. The number of likely N-dealkylation sites (N-methyl/N-ethyl adjacent to an activating group) is 1. The minimum atomic E-state index is -0.0422. The van der Waals surface area contributed by atoms with Gasteiger partial charge in [0.15, 0.2) is 0 Å². The first-order valence-electron chi connectivity index (χ1n) is 5.27. The third-order valence-electron chi connectivity index (χ3n) is 2.60. The molecule has 1 aliphatic rings. The average Bonchev–Trinajstić information content (AvgIpc) is 2.41. The topological polar surface area (TPSA) is 21.7 Å². The van der Waals surface area contributed by atoms with Crippen molar-refractivity contribution in [2.75, 3.05) is 33.9 Å². The monoisotopic (exact) mass is 201 g/mol. The van der Waals surface area contributed by atoms with Crippen molar-refractivity contribution in [3.63, 3.8) is 0 Å². The second-order valence-electron chi connectivity index (χ2n) is 5.18. The molecule has 14 heavy (non-hydrogen) atoms. The fraction of sp³-hybridized carbons (Fsp3) is 1.00. The predicted octanol–water partition coefficient (Wildman–Crippen LogP) is 1.38. The summed E-state index contributed by atoms with van der Waals surface area (Å²) in [4.78, 5) is 2.30. The van der Waals surface area contributed by atoms with Gasteiger partial charge in [-0.2, -0.15) is 0 Å². The summed E-state index contributed by atoms with van der Waals surface area (Å²) in [6.45, 7) is 9.17. The van der Waals surface area contributed by atoms with Crippen LogP contribution in [0.15, 0.2) is 0 Å². The Hall–Kier alpha value is -0.120. The summed E-state index contributed by atoms with van der Waals surface area (Å²) in [5.41, 5.74) is -0.0422. The maximum atomic E-state index is 5.79. The summed E-state index contributed by atoms with van der Waals surface area (Å²) in [5.74, 6) is 0.518. The molecule has 3 nitrogen and oxygen atoms in total. The van der Waals surface area contributed by atoms with E-state index in [-0.39, 0.29) is 5.60 Å². The van der Waals surface area contributed by atoms with Gasteiger partial charge in [-0.3, -0.25) is 0 Å². The van der Waals surface area contributed by atoms with Crippen LogP contribution in [0.2, 0.25) is 0 Å². The number of ether oxygens (including phenoxy) is 2. The lowest BCUT2D eigenvalue weighted by atomic mass is 10.1. The van der Waals surface area contributed by atoms with E-state index >= 15 is 0 Å². The molecule has 1 rings (SSSR count). The number of nitrogens with zero attached hydrogens (tertiary/aromatic N) is 1. The van der Waals surface area contributed by atoms with Gasteiger partial charge in [0, 0.05) is 26.1 Å². The van der Waals surface area contributed by atoms with Crippen LogP contribution in [0.4, 0.5) is 0 Å². The van der Waals surface area contributed by atoms with Crippen LogP contribution in [0.1, 0.15) is 20.8 Å². The Balaban J connectivity index is 2.36. The zero-order valence-corrected chi connectivity index (χ0v) is 10.0. The third kappa shape index (κ3) is 3.56. The van der Waals surface area contributed by atoms with Crippen LogP contribution in [0, 0.1) is 5.92 Å². The van der Waals surface area contributed by atoms with Gasteiger partial charge >= 0.3 is 0 Å². The Kier molecular flexibility index (Phi) is 3.93. The molecule has 84 valence electrons. The molecule has 0 unspecified atom stereocenters. The molecular formula is C11H23NO2. The van der Waals surface area contributed by atoms with E-state index in [4.69, 9.17) is 9.47 Å². The number of hydrogen-bond donors (Lipinski definition) is 0. The number of rotatable bonds is 3. The van der Waals surface area contributed by atoms with Gasteiger partial charge in [0.25, 0.3) is 0 Å². The first-order valence-corrected chi connectivity index (χ1v) is 5.27. The standard InChI is InChI=1S/C11H23NO2/c1-11(2,3)14-8-9-6-12(4)7-10(9)13-5/h9-10H,6-8H2,1-5H3/t9-,10+/m0/s1. The van der Waals surface area contributed by atoms with E-state index in [0.717, 1.165) is 19.7 Å². The van der Waals surface area contributed by atoms with Gasteiger partial charge in [-0.15, -0.1) is 0 Å². The van der Waals surface area contributed by atoms with Gasteiger partial charge in [-0.25, -0.2) is 0 Å². The van der Waals surface area contributed by atoms with E-state index in [0.29, 0.717) is 12.0 Å². The molecule has 0 spiro atoms. The van der Waals surface area contributed by atoms with Crippen molar-refractivity contribution in [1.29, 1.82) is 0 Å². The van der Waals surface area contributed by atoms with Crippen LogP contribution in [0.25, 0.3) is 0 Å². The zero-order valence-electron chi connectivity index (χ0n) is 10.0. The molecule has 2 atom stereocenters. The highest BCUT2D eigenvalue weighted by Crippen LogP contribution is 2.20. The van der Waals surface area contributed by atoms with Crippen molar-refractivity contribution in [2.24, 2.45) is 5.92 Å². The molecule has 0 aromatic rings. The Bertz CT molecular complexity index is 177. The van der Waals surface area contributed by atoms with E-state index in [1.165, 1.54) is 0 Å². The van der Waals surface area contributed by atoms with Crippen LogP contribution in [0.3, 0.4) is 0 Å². The molecule has 0 bridgehead atoms. The minimum absolute atomic E-state index is 0.0422. The van der Waals surface area contributed by atoms with Crippen molar-refractivity contribution in [3.8, 4) is 0 Å². The Labute approximate surface area is 87.4 Å². The molecule has 0 amide bonds. The molecule has 0 aromatic heterocycles. The Morgan fingerprint density at radius 1 is 1.29 bits per heavy atom. The van der Waals surface area contributed by atoms with Gasteiger partial charge in [0.2, 0.25) is 0 Å². The zero-order chi connectivity index (χ0) is 10.8. The van der Waals surface area contributed by atoms with Gasteiger partial charge in [0.05, 0.1) is 18.3 Å². The number of hydrogen-bond acceptors (Lipinski definition) is 3. The molecule has 1 heterocycles. The highest BCUT2D eigenvalue weighted by atomic mass is 16.5. The molecule has 1 saturated heterocycles. The van der Waals surface area contributed by atoms with Crippen molar-refractivity contribution >= 4 is 0 Å². The normalized spacial score (nSPS) is 29.8. The van der Waals surface area contributed by atoms with E-state index in [1.54, 1.807) is 7.11 Å². The lowest BCUT2D eigenvalue weighted by Crippen LogP contribution is -2.30. The van der Waals surface area contributed by atoms with Crippen molar-refractivity contribution in [2.45, 2.75) is 32.5 Å². The fourth-order valence-corrected chi connectivity index (χ4v) is 1.83. The first-order chi connectivity index (χ1) is 6.42. The SMILES string of the molecule is CO[C@@H]1CN(C)C[C@H]1COC(C)(C)C. The molecule has 0 radical (unpaired) electrons. The van der Waals surface area contributed by atoms with Crippen LogP contribution < -0.4 is 0 Å². The summed E-state index contributed by atoms with van der Waals surface area (Å²) in [6, 6.07) is 0. The van der Waals surface area contributed by atoms with E-state index in [2.05, 4.69) is 32.7 Å². The third-order valence-corrected chi connectivity index (χ3v) is 2.60. The molecule has 0 aromatic carbocycles. The first kappa shape index (κ1) is 12.0. The van der Waals surface area contributed by atoms with Crippen LogP contribution in [-0.4, -0.2) is 50.5 Å². The average molecular weight is 201 g/mol. The quantitative estimate of drug-likeness (QED) is 0.688. The second kappa shape index (κ2) is 4.60. The minimum Gasteiger partial charge on any atom is -0.380 e. The van der Waals surface area contributed by atoms with Crippen molar-refractivity contribution < 1.29 is 9.47 Å². The maximum absolute atomic E-state index is 5.79. The predicted molar refractivity (Wildman–Crippen MR) is 57.5 cm³/mol. The van der Waals surface area contributed by atoms with Gasteiger partial charge in [-0.05, 0) is 27.8 Å².